The fraction of sp³-hybridized carbons (Fsp3) is 0.222. The quantitative estimate of drug-likeness (QED) is 0.902. The van der Waals surface area contributed by atoms with Crippen molar-refractivity contribution in [2.75, 3.05) is 7.11 Å². The van der Waals surface area contributed by atoms with Gasteiger partial charge in [-0.05, 0) is 12.1 Å². The number of carboxylic acid groups (broad SMARTS) is 1. The molecule has 0 saturated heterocycles. The molecule has 1 rings (SSSR count). The van der Waals surface area contributed by atoms with Crippen molar-refractivity contribution in [1.29, 1.82) is 0 Å². The van der Waals surface area contributed by atoms with Gasteiger partial charge in [0.1, 0.15) is 11.6 Å². The predicted molar refractivity (Wildman–Crippen MR) is 49.5 cm³/mol. The molecular formula is C9H6ClF3O3. The van der Waals surface area contributed by atoms with Gasteiger partial charge in [0.05, 0.1) is 17.7 Å². The number of carbonyl (C=O) groups is 1. The number of benzene rings is 1. The number of hydrogen-bond acceptors (Lipinski definition) is 2. The first kappa shape index (κ1) is 12.6. The number of carboxylic acids is 1. The zero-order valence-electron chi connectivity index (χ0n) is 7.93. The lowest BCUT2D eigenvalue weighted by Crippen LogP contribution is -2.26. The molecule has 0 aromatic heterocycles. The predicted octanol–water partition coefficient (Wildman–Crippen LogP) is 2.66. The van der Waals surface area contributed by atoms with E-state index in [4.69, 9.17) is 16.7 Å². The maximum atomic E-state index is 13.2. The number of alkyl halides is 2. The molecule has 0 amide bonds. The van der Waals surface area contributed by atoms with Crippen LogP contribution in [0.25, 0.3) is 0 Å². The molecule has 0 bridgehead atoms. The van der Waals surface area contributed by atoms with Gasteiger partial charge in [-0.25, -0.2) is 9.18 Å². The summed E-state index contributed by atoms with van der Waals surface area (Å²) in [4.78, 5) is 10.4. The Balaban J connectivity index is 3.52. The normalized spacial score (nSPS) is 11.3. The molecule has 0 heterocycles. The summed E-state index contributed by atoms with van der Waals surface area (Å²) in [5.74, 6) is -8.37. The van der Waals surface area contributed by atoms with Gasteiger partial charge in [0.25, 0.3) is 0 Å². The van der Waals surface area contributed by atoms with E-state index >= 15 is 0 Å². The van der Waals surface area contributed by atoms with E-state index in [-0.39, 0.29) is 0 Å². The number of aliphatic carboxylic acids is 1. The first-order valence-electron chi connectivity index (χ1n) is 3.96. The second-order valence-corrected chi connectivity index (χ2v) is 3.20. The molecule has 0 aliphatic heterocycles. The minimum atomic E-state index is -4.31. The maximum Gasteiger partial charge on any atom is 0.379 e. The highest BCUT2D eigenvalue weighted by Crippen LogP contribution is 2.41. The second kappa shape index (κ2) is 4.21. The molecule has 0 atom stereocenters. The molecule has 0 saturated carbocycles. The lowest BCUT2D eigenvalue weighted by Gasteiger charge is -2.16. The van der Waals surface area contributed by atoms with Crippen LogP contribution < -0.4 is 4.74 Å². The largest absolute Gasteiger partial charge is 0.496 e. The van der Waals surface area contributed by atoms with Crippen LogP contribution >= 0.6 is 11.6 Å². The second-order valence-electron chi connectivity index (χ2n) is 2.82. The highest BCUT2D eigenvalue weighted by molar-refractivity contribution is 6.32. The van der Waals surface area contributed by atoms with Gasteiger partial charge in [-0.1, -0.05) is 11.6 Å². The number of hydrogen-bond donors (Lipinski definition) is 1. The first-order chi connectivity index (χ1) is 7.32. The Morgan fingerprint density at radius 1 is 1.50 bits per heavy atom. The molecule has 0 aliphatic carbocycles. The lowest BCUT2D eigenvalue weighted by molar-refractivity contribution is -0.166. The summed E-state index contributed by atoms with van der Waals surface area (Å²) in [6, 6.07) is 1.69. The molecule has 0 unspecified atom stereocenters. The molecule has 0 radical (unpaired) electrons. The van der Waals surface area contributed by atoms with Crippen LogP contribution in [0.2, 0.25) is 5.02 Å². The third-order valence-corrected chi connectivity index (χ3v) is 2.23. The molecule has 0 fully saturated rings. The molecule has 88 valence electrons. The average Bonchev–Trinajstić information content (AvgIpc) is 2.21. The van der Waals surface area contributed by atoms with Gasteiger partial charge in [0, 0.05) is 0 Å². The van der Waals surface area contributed by atoms with E-state index in [1.165, 1.54) is 0 Å². The minimum Gasteiger partial charge on any atom is -0.496 e. The molecule has 1 aromatic carbocycles. The molecule has 16 heavy (non-hydrogen) atoms. The molecule has 1 N–H and O–H groups in total. The highest BCUT2D eigenvalue weighted by Gasteiger charge is 2.46. The van der Waals surface area contributed by atoms with Crippen LogP contribution in [0, 0.1) is 5.82 Å². The fourth-order valence-corrected chi connectivity index (χ4v) is 1.38. The van der Waals surface area contributed by atoms with Crippen molar-refractivity contribution < 1.29 is 27.8 Å². The molecule has 7 heteroatoms. The Hall–Kier alpha value is -1.43. The maximum absolute atomic E-state index is 13.2. The Morgan fingerprint density at radius 3 is 2.50 bits per heavy atom. The Kier molecular flexibility index (Phi) is 3.32. The van der Waals surface area contributed by atoms with Gasteiger partial charge in [0.2, 0.25) is 0 Å². The van der Waals surface area contributed by atoms with E-state index in [9.17, 15) is 18.0 Å². The number of methoxy groups -OCH3 is 1. The first-order valence-corrected chi connectivity index (χ1v) is 4.33. The SMILES string of the molecule is COc1ccc(F)c(Cl)c1C(F)(F)C(=O)O. The lowest BCUT2D eigenvalue weighted by atomic mass is 10.1. The van der Waals surface area contributed by atoms with Crippen LogP contribution in [0.15, 0.2) is 12.1 Å². The van der Waals surface area contributed by atoms with Crippen LogP contribution in [0.5, 0.6) is 5.75 Å². The van der Waals surface area contributed by atoms with Crippen molar-refractivity contribution >= 4 is 17.6 Å². The third kappa shape index (κ3) is 1.92. The van der Waals surface area contributed by atoms with E-state index in [1.54, 1.807) is 0 Å². The van der Waals surface area contributed by atoms with Crippen molar-refractivity contribution in [3.8, 4) is 5.75 Å². The van der Waals surface area contributed by atoms with Gasteiger partial charge < -0.3 is 9.84 Å². The zero-order valence-corrected chi connectivity index (χ0v) is 8.69. The molecule has 1 aromatic rings. The van der Waals surface area contributed by atoms with Gasteiger partial charge in [-0.2, -0.15) is 8.78 Å². The van der Waals surface area contributed by atoms with E-state index in [1.807, 2.05) is 0 Å². The van der Waals surface area contributed by atoms with E-state index in [2.05, 4.69) is 4.74 Å². The summed E-state index contributed by atoms with van der Waals surface area (Å²) in [6.45, 7) is 0. The Bertz CT molecular complexity index is 434. The number of ether oxygens (including phenoxy) is 1. The summed E-state index contributed by atoms with van der Waals surface area (Å²) in [6.07, 6.45) is 0. The van der Waals surface area contributed by atoms with Crippen LogP contribution in [0.1, 0.15) is 5.56 Å². The van der Waals surface area contributed by atoms with Crippen molar-refractivity contribution in [1.82, 2.24) is 0 Å². The minimum absolute atomic E-state index is 0.487. The molecule has 0 spiro atoms. The van der Waals surface area contributed by atoms with Gasteiger partial charge in [-0.3, -0.25) is 0 Å². The monoisotopic (exact) mass is 254 g/mol. The summed E-state index contributed by atoms with van der Waals surface area (Å²) in [5, 5.41) is 7.38. The topological polar surface area (TPSA) is 46.5 Å². The van der Waals surface area contributed by atoms with E-state index in [0.717, 1.165) is 19.2 Å². The van der Waals surface area contributed by atoms with Crippen LogP contribution in [-0.4, -0.2) is 18.2 Å². The molecule has 0 aliphatic rings. The summed E-state index contributed by atoms with van der Waals surface area (Å²) in [7, 11) is 1.05. The van der Waals surface area contributed by atoms with E-state index < -0.39 is 34.0 Å². The number of halogens is 4. The van der Waals surface area contributed by atoms with Gasteiger partial charge in [-0.15, -0.1) is 0 Å². The van der Waals surface area contributed by atoms with Crippen molar-refractivity contribution in [3.63, 3.8) is 0 Å². The van der Waals surface area contributed by atoms with Crippen LogP contribution in [-0.2, 0) is 10.7 Å². The zero-order chi connectivity index (χ0) is 12.5. The van der Waals surface area contributed by atoms with Crippen molar-refractivity contribution in [2.24, 2.45) is 0 Å². The Morgan fingerprint density at radius 2 is 2.06 bits per heavy atom. The fourth-order valence-electron chi connectivity index (χ4n) is 1.10. The highest BCUT2D eigenvalue weighted by atomic mass is 35.5. The van der Waals surface area contributed by atoms with E-state index in [0.29, 0.717) is 0 Å². The van der Waals surface area contributed by atoms with Crippen LogP contribution in [0.3, 0.4) is 0 Å². The third-order valence-electron chi connectivity index (χ3n) is 1.86. The standard InChI is InChI=1S/C9H6ClF3O3/c1-16-5-3-2-4(11)7(10)6(5)9(12,13)8(14)15/h2-3H,1H3,(H,14,15). The summed E-state index contributed by atoms with van der Waals surface area (Å²) < 4.78 is 44.0. The average molecular weight is 255 g/mol. The van der Waals surface area contributed by atoms with Gasteiger partial charge >= 0.3 is 11.9 Å². The van der Waals surface area contributed by atoms with Crippen LogP contribution in [0.4, 0.5) is 13.2 Å². The summed E-state index contributed by atoms with van der Waals surface area (Å²) in [5.41, 5.74) is -1.19. The molecule has 3 nitrogen and oxygen atoms in total. The van der Waals surface area contributed by atoms with Crippen molar-refractivity contribution in [2.45, 2.75) is 5.92 Å². The van der Waals surface area contributed by atoms with Gasteiger partial charge in [0.15, 0.2) is 0 Å². The summed E-state index contributed by atoms with van der Waals surface area (Å²) >= 11 is 5.31. The Labute approximate surface area is 93.4 Å². The smallest absolute Gasteiger partial charge is 0.379 e. The molecular weight excluding hydrogens is 249 g/mol. The van der Waals surface area contributed by atoms with Crippen molar-refractivity contribution in [3.05, 3.63) is 28.5 Å². The number of rotatable bonds is 3.